The van der Waals surface area contributed by atoms with E-state index in [1.807, 2.05) is 54.2 Å². The second-order valence-electron chi connectivity index (χ2n) is 7.10. The zero-order valence-corrected chi connectivity index (χ0v) is 19.9. The first kappa shape index (κ1) is 22.4. The van der Waals surface area contributed by atoms with Gasteiger partial charge in [0.2, 0.25) is 5.91 Å². The van der Waals surface area contributed by atoms with Crippen LogP contribution in [0.25, 0.3) is 10.2 Å². The van der Waals surface area contributed by atoms with Gasteiger partial charge in [0.05, 0.1) is 24.3 Å². The highest BCUT2D eigenvalue weighted by atomic mass is 32.2. The molecule has 2 aromatic carbocycles. The van der Waals surface area contributed by atoms with E-state index >= 15 is 0 Å². The van der Waals surface area contributed by atoms with Gasteiger partial charge in [-0.3, -0.25) is 14.4 Å². The van der Waals surface area contributed by atoms with Crippen LogP contribution < -0.4 is 9.64 Å². The van der Waals surface area contributed by atoms with E-state index in [2.05, 4.69) is 24.2 Å². The Balaban J connectivity index is 1.60. The molecule has 2 heterocycles. The third-order valence-corrected chi connectivity index (χ3v) is 6.84. The molecule has 6 nitrogen and oxygen atoms in total. The van der Waals surface area contributed by atoms with Gasteiger partial charge in [0.25, 0.3) is 0 Å². The molecule has 0 spiro atoms. The number of benzene rings is 2. The molecular formula is C24H26N4O2S2. The summed E-state index contributed by atoms with van der Waals surface area (Å²) in [6.07, 6.45) is 3.97. The predicted molar refractivity (Wildman–Crippen MR) is 132 cm³/mol. The molecule has 0 fully saturated rings. The van der Waals surface area contributed by atoms with Gasteiger partial charge in [-0.05, 0) is 48.6 Å². The van der Waals surface area contributed by atoms with E-state index in [4.69, 9.17) is 9.72 Å². The van der Waals surface area contributed by atoms with Crippen LogP contribution >= 0.6 is 23.1 Å². The van der Waals surface area contributed by atoms with Crippen molar-refractivity contribution in [1.29, 1.82) is 0 Å². The van der Waals surface area contributed by atoms with Gasteiger partial charge < -0.3 is 4.74 Å². The summed E-state index contributed by atoms with van der Waals surface area (Å²) in [5.74, 6) is 1.79. The van der Waals surface area contributed by atoms with Crippen LogP contribution in [-0.4, -0.2) is 39.6 Å². The summed E-state index contributed by atoms with van der Waals surface area (Å²) in [7, 11) is 0. The number of nitrogens with zero attached hydrogens (tertiary/aromatic N) is 4. The Bertz CT molecular complexity index is 1160. The number of carbonyl (C=O) groups excluding carboxylic acids is 1. The summed E-state index contributed by atoms with van der Waals surface area (Å²) >= 11 is 3.31. The van der Waals surface area contributed by atoms with E-state index < -0.39 is 0 Å². The van der Waals surface area contributed by atoms with Crippen LogP contribution in [-0.2, 0) is 17.8 Å². The Morgan fingerprint density at radius 2 is 2.00 bits per heavy atom. The number of aromatic nitrogens is 3. The highest BCUT2D eigenvalue weighted by Crippen LogP contribution is 2.34. The number of thioether (sulfide) groups is 1. The first-order valence-electron chi connectivity index (χ1n) is 10.7. The first-order valence-corrected chi connectivity index (χ1v) is 12.5. The minimum atomic E-state index is 0.0186. The highest BCUT2D eigenvalue weighted by Gasteiger charge is 2.21. The molecule has 0 aliphatic heterocycles. The molecule has 4 aromatic rings. The van der Waals surface area contributed by atoms with E-state index in [1.165, 1.54) is 16.2 Å². The van der Waals surface area contributed by atoms with Gasteiger partial charge in [0.1, 0.15) is 11.3 Å². The van der Waals surface area contributed by atoms with Gasteiger partial charge in [-0.15, -0.1) is 11.8 Å². The van der Waals surface area contributed by atoms with E-state index in [1.54, 1.807) is 22.9 Å². The number of fused-ring (bicyclic) bond motifs is 1. The molecule has 2 aromatic heterocycles. The lowest BCUT2D eigenvalue weighted by molar-refractivity contribution is -0.118. The van der Waals surface area contributed by atoms with Crippen molar-refractivity contribution >= 4 is 44.4 Å². The molecule has 166 valence electrons. The third kappa shape index (κ3) is 5.31. The maximum atomic E-state index is 13.4. The van der Waals surface area contributed by atoms with Crippen molar-refractivity contribution in [3.8, 4) is 5.75 Å². The number of hydrogen-bond donors (Lipinski definition) is 0. The average Bonchev–Trinajstić information content (AvgIpc) is 3.46. The molecule has 0 aliphatic carbocycles. The normalized spacial score (nSPS) is 11.1. The van der Waals surface area contributed by atoms with Crippen LogP contribution in [0.15, 0.2) is 65.8 Å². The number of amides is 1. The predicted octanol–water partition coefficient (Wildman–Crippen LogP) is 5.28. The van der Waals surface area contributed by atoms with E-state index in [0.717, 1.165) is 27.3 Å². The monoisotopic (exact) mass is 466 g/mol. The highest BCUT2D eigenvalue weighted by molar-refractivity contribution is 7.99. The number of carbonyl (C=O) groups is 1. The maximum Gasteiger partial charge on any atom is 0.233 e. The summed E-state index contributed by atoms with van der Waals surface area (Å²) in [5.41, 5.74) is 1.79. The molecule has 0 atom stereocenters. The fraction of sp³-hybridized carbons (Fsp3) is 0.292. The molecule has 0 bridgehead atoms. The summed E-state index contributed by atoms with van der Waals surface area (Å²) in [6, 6.07) is 16.0. The van der Waals surface area contributed by atoms with Gasteiger partial charge in [0.15, 0.2) is 5.13 Å². The fourth-order valence-corrected chi connectivity index (χ4v) is 5.09. The number of anilines is 1. The van der Waals surface area contributed by atoms with Crippen molar-refractivity contribution in [1.82, 2.24) is 14.8 Å². The van der Waals surface area contributed by atoms with Crippen LogP contribution in [0.2, 0.25) is 0 Å². The Labute approximate surface area is 196 Å². The summed E-state index contributed by atoms with van der Waals surface area (Å²) in [4.78, 5) is 21.2. The van der Waals surface area contributed by atoms with Crippen LogP contribution in [0.3, 0.4) is 0 Å². The molecule has 0 saturated heterocycles. The minimum absolute atomic E-state index is 0.0186. The van der Waals surface area contributed by atoms with Crippen molar-refractivity contribution in [2.75, 3.05) is 23.8 Å². The number of para-hydroxylation sites is 1. The van der Waals surface area contributed by atoms with Gasteiger partial charge in [0, 0.05) is 23.8 Å². The summed E-state index contributed by atoms with van der Waals surface area (Å²) in [6.45, 7) is 5.75. The van der Waals surface area contributed by atoms with Crippen LogP contribution in [0.4, 0.5) is 5.13 Å². The van der Waals surface area contributed by atoms with Crippen LogP contribution in [0.5, 0.6) is 5.75 Å². The number of thiazole rings is 1. The van der Waals surface area contributed by atoms with Gasteiger partial charge in [-0.2, -0.15) is 5.10 Å². The lowest BCUT2D eigenvalue weighted by atomic mass is 10.1. The van der Waals surface area contributed by atoms with Crippen molar-refractivity contribution in [2.45, 2.75) is 31.7 Å². The fourth-order valence-electron chi connectivity index (χ4n) is 3.40. The molecule has 0 unspecified atom stereocenters. The second-order valence-corrected chi connectivity index (χ2v) is 9.45. The Morgan fingerprint density at radius 3 is 2.72 bits per heavy atom. The lowest BCUT2D eigenvalue weighted by Crippen LogP contribution is -2.35. The molecule has 0 radical (unpaired) electrons. The van der Waals surface area contributed by atoms with Crippen molar-refractivity contribution in [2.24, 2.45) is 0 Å². The molecule has 1 amide bonds. The third-order valence-electron chi connectivity index (χ3n) is 4.90. The van der Waals surface area contributed by atoms with E-state index in [0.29, 0.717) is 31.2 Å². The number of rotatable bonds is 10. The zero-order valence-electron chi connectivity index (χ0n) is 18.2. The van der Waals surface area contributed by atoms with Gasteiger partial charge in [-0.25, -0.2) is 4.98 Å². The van der Waals surface area contributed by atoms with Crippen molar-refractivity contribution in [3.05, 3.63) is 66.5 Å². The summed E-state index contributed by atoms with van der Waals surface area (Å²) < 4.78 is 8.58. The molecule has 0 aliphatic rings. The van der Waals surface area contributed by atoms with Crippen LogP contribution in [0, 0.1) is 0 Å². The Morgan fingerprint density at radius 1 is 1.16 bits per heavy atom. The minimum Gasteiger partial charge on any atom is -0.492 e. The van der Waals surface area contributed by atoms with Crippen molar-refractivity contribution < 1.29 is 9.53 Å². The molecular weight excluding hydrogens is 440 g/mol. The van der Waals surface area contributed by atoms with Crippen molar-refractivity contribution in [3.63, 3.8) is 0 Å². The number of ether oxygens (including phenoxy) is 1. The van der Waals surface area contributed by atoms with Gasteiger partial charge in [-0.1, -0.05) is 36.5 Å². The molecule has 32 heavy (non-hydrogen) atoms. The largest absolute Gasteiger partial charge is 0.492 e. The smallest absolute Gasteiger partial charge is 0.233 e. The zero-order chi connectivity index (χ0) is 22.3. The first-order chi connectivity index (χ1) is 15.7. The number of hydrogen-bond acceptors (Lipinski definition) is 6. The Kier molecular flexibility index (Phi) is 7.44. The standard InChI is InChI=1S/C24H26N4O2S2/c1-3-30-20-7-5-8-21-23(20)26-24(32-21)28(16-15-27-14-6-13-25-27)22(29)17-18-9-11-19(12-10-18)31-4-2/h5-14H,3-4,15-17H2,1-2H3. The Hall–Kier alpha value is -2.84. The van der Waals surface area contributed by atoms with E-state index in [-0.39, 0.29) is 5.91 Å². The maximum absolute atomic E-state index is 13.4. The van der Waals surface area contributed by atoms with E-state index in [9.17, 15) is 4.79 Å². The second kappa shape index (κ2) is 10.7. The topological polar surface area (TPSA) is 60.2 Å². The van der Waals surface area contributed by atoms with Gasteiger partial charge >= 0.3 is 0 Å². The average molecular weight is 467 g/mol. The molecule has 0 saturated carbocycles. The van der Waals surface area contributed by atoms with Crippen LogP contribution in [0.1, 0.15) is 19.4 Å². The SMILES string of the molecule is CCOc1cccc2sc(N(CCn3cccn3)C(=O)Cc3ccc(SCC)cc3)nc12. The summed E-state index contributed by atoms with van der Waals surface area (Å²) in [5, 5.41) is 4.96. The lowest BCUT2D eigenvalue weighted by Gasteiger charge is -2.20. The molecule has 0 N–H and O–H groups in total. The molecule has 8 heteroatoms. The molecule has 4 rings (SSSR count). The quantitative estimate of drug-likeness (QED) is 0.298.